The molecule has 0 atom stereocenters. The first-order valence-corrected chi connectivity index (χ1v) is 5.70. The quantitative estimate of drug-likeness (QED) is 0.468. The van der Waals surface area contributed by atoms with Crippen molar-refractivity contribution in [1.82, 2.24) is 5.32 Å². The smallest absolute Gasteiger partial charge is 0.333 e. The molecule has 0 aromatic carbocycles. The Morgan fingerprint density at radius 2 is 2.29 bits per heavy atom. The van der Waals surface area contributed by atoms with Crippen molar-refractivity contribution in [3.05, 3.63) is 35.3 Å². The maximum atomic E-state index is 11.3. The number of aryl methyl sites for hydroxylation is 1. The number of hydrogen-bond acceptors (Lipinski definition) is 4. The zero-order chi connectivity index (χ0) is 12.7. The van der Waals surface area contributed by atoms with Crippen LogP contribution >= 0.6 is 0 Å². The van der Waals surface area contributed by atoms with E-state index in [9.17, 15) is 4.79 Å². The number of hydrogen-bond donors (Lipinski definition) is 1. The summed E-state index contributed by atoms with van der Waals surface area (Å²) in [6.07, 6.45) is 2.52. The van der Waals surface area contributed by atoms with Gasteiger partial charge in [-0.15, -0.1) is 0 Å². The van der Waals surface area contributed by atoms with Gasteiger partial charge in [0.05, 0.1) is 13.7 Å². The van der Waals surface area contributed by atoms with Gasteiger partial charge in [0, 0.05) is 12.1 Å². The van der Waals surface area contributed by atoms with E-state index in [1.54, 1.807) is 0 Å². The van der Waals surface area contributed by atoms with E-state index in [0.29, 0.717) is 25.1 Å². The molecule has 94 valence electrons. The van der Waals surface area contributed by atoms with E-state index in [2.05, 4.69) is 10.1 Å². The zero-order valence-corrected chi connectivity index (χ0v) is 10.6. The molecular weight excluding hydrogens is 218 g/mol. The van der Waals surface area contributed by atoms with Crippen molar-refractivity contribution in [2.24, 2.45) is 0 Å². The summed E-state index contributed by atoms with van der Waals surface area (Å²) in [7, 11) is 1.39. The molecule has 4 nitrogen and oxygen atoms in total. The fourth-order valence-electron chi connectivity index (χ4n) is 1.47. The Hall–Kier alpha value is -1.55. The molecule has 0 saturated carbocycles. The van der Waals surface area contributed by atoms with E-state index in [4.69, 9.17) is 4.42 Å². The highest BCUT2D eigenvalue weighted by molar-refractivity contribution is 5.88. The molecule has 0 aliphatic carbocycles. The Labute approximate surface area is 102 Å². The van der Waals surface area contributed by atoms with Gasteiger partial charge in [-0.3, -0.25) is 0 Å². The van der Waals surface area contributed by atoms with Crippen LogP contribution in [-0.4, -0.2) is 19.6 Å². The van der Waals surface area contributed by atoms with Gasteiger partial charge < -0.3 is 14.5 Å². The Kier molecular flexibility index (Phi) is 5.49. The predicted molar refractivity (Wildman–Crippen MR) is 65.5 cm³/mol. The largest absolute Gasteiger partial charge is 0.466 e. The summed E-state index contributed by atoms with van der Waals surface area (Å²) in [5, 5.41) is 3.18. The minimum atomic E-state index is -0.261. The fraction of sp³-hybridized carbons (Fsp3) is 0.462. The summed E-state index contributed by atoms with van der Waals surface area (Å²) in [5.41, 5.74) is 0.690. The molecule has 0 bridgehead atoms. The van der Waals surface area contributed by atoms with Crippen LogP contribution < -0.4 is 5.32 Å². The van der Waals surface area contributed by atoms with Gasteiger partial charge in [0.15, 0.2) is 0 Å². The summed E-state index contributed by atoms with van der Waals surface area (Å²) in [4.78, 5) is 11.3. The number of furan rings is 1. The molecule has 1 aromatic rings. The normalized spacial score (nSPS) is 11.6. The molecule has 0 fully saturated rings. The summed E-state index contributed by atoms with van der Waals surface area (Å²) in [6.45, 7) is 5.12. The molecule has 0 radical (unpaired) electrons. The molecule has 0 amide bonds. The number of esters is 1. The Morgan fingerprint density at radius 1 is 1.53 bits per heavy atom. The van der Waals surface area contributed by atoms with Crippen LogP contribution in [0.1, 0.15) is 24.9 Å². The number of ether oxygens (including phenoxy) is 1. The van der Waals surface area contributed by atoms with Crippen LogP contribution in [0.4, 0.5) is 0 Å². The first kappa shape index (κ1) is 13.5. The summed E-state index contributed by atoms with van der Waals surface area (Å²) in [6, 6.07) is 3.87. The number of nitrogens with one attached hydrogen (secondary N) is 1. The third kappa shape index (κ3) is 4.44. The van der Waals surface area contributed by atoms with Gasteiger partial charge in [-0.1, -0.05) is 13.0 Å². The van der Waals surface area contributed by atoms with E-state index in [1.807, 2.05) is 32.1 Å². The third-order valence-corrected chi connectivity index (χ3v) is 2.42. The molecule has 4 heteroatoms. The summed E-state index contributed by atoms with van der Waals surface area (Å²) >= 11 is 0. The fourth-order valence-corrected chi connectivity index (χ4v) is 1.47. The van der Waals surface area contributed by atoms with Crippen LogP contribution in [0.25, 0.3) is 0 Å². The molecule has 0 spiro atoms. The number of carbonyl (C=O) groups excluding carboxylic acids is 1. The minimum absolute atomic E-state index is 0.261. The second-order valence-electron chi connectivity index (χ2n) is 3.72. The van der Waals surface area contributed by atoms with E-state index < -0.39 is 0 Å². The number of rotatable bonds is 6. The molecular formula is C13H19NO3. The standard InChI is InChI=1S/C13H19NO3/c1-4-11(13(15)16-3)7-8-14-9-12-6-5-10(2)17-12/h5-7,14H,4,8-9H2,1-3H3/b11-7-. The van der Waals surface area contributed by atoms with Gasteiger partial charge in [-0.25, -0.2) is 4.79 Å². The molecule has 0 unspecified atom stereocenters. The Morgan fingerprint density at radius 3 is 2.82 bits per heavy atom. The monoisotopic (exact) mass is 237 g/mol. The van der Waals surface area contributed by atoms with E-state index in [-0.39, 0.29) is 5.97 Å². The molecule has 1 aromatic heterocycles. The lowest BCUT2D eigenvalue weighted by molar-refractivity contribution is -0.136. The van der Waals surface area contributed by atoms with Crippen molar-refractivity contribution in [3.8, 4) is 0 Å². The van der Waals surface area contributed by atoms with Gasteiger partial charge in [-0.2, -0.15) is 0 Å². The highest BCUT2D eigenvalue weighted by Crippen LogP contribution is 2.05. The molecule has 1 N–H and O–H groups in total. The van der Waals surface area contributed by atoms with Crippen LogP contribution in [-0.2, 0) is 16.1 Å². The zero-order valence-electron chi connectivity index (χ0n) is 10.6. The van der Waals surface area contributed by atoms with Gasteiger partial charge in [-0.05, 0) is 25.5 Å². The van der Waals surface area contributed by atoms with Gasteiger partial charge in [0.25, 0.3) is 0 Å². The van der Waals surface area contributed by atoms with Crippen molar-refractivity contribution in [3.63, 3.8) is 0 Å². The van der Waals surface area contributed by atoms with Crippen LogP contribution in [0, 0.1) is 6.92 Å². The molecule has 1 rings (SSSR count). The third-order valence-electron chi connectivity index (χ3n) is 2.42. The Bertz CT molecular complexity index is 393. The van der Waals surface area contributed by atoms with Crippen molar-refractivity contribution in [2.45, 2.75) is 26.8 Å². The lowest BCUT2D eigenvalue weighted by Gasteiger charge is -2.03. The van der Waals surface area contributed by atoms with Crippen molar-refractivity contribution >= 4 is 5.97 Å². The first-order valence-electron chi connectivity index (χ1n) is 5.70. The topological polar surface area (TPSA) is 51.5 Å². The average molecular weight is 237 g/mol. The van der Waals surface area contributed by atoms with E-state index in [0.717, 1.165) is 11.5 Å². The van der Waals surface area contributed by atoms with Gasteiger partial charge in [0.2, 0.25) is 0 Å². The summed E-state index contributed by atoms with van der Waals surface area (Å²) < 4.78 is 10.1. The number of carbonyl (C=O) groups is 1. The van der Waals surface area contributed by atoms with Crippen molar-refractivity contribution < 1.29 is 13.9 Å². The SMILES string of the molecule is CC/C(=C/CNCc1ccc(C)o1)C(=O)OC. The average Bonchev–Trinajstić information content (AvgIpc) is 2.74. The lowest BCUT2D eigenvalue weighted by atomic mass is 10.2. The molecule has 0 saturated heterocycles. The van der Waals surface area contributed by atoms with Gasteiger partial charge >= 0.3 is 5.97 Å². The van der Waals surface area contributed by atoms with E-state index in [1.165, 1.54) is 7.11 Å². The molecule has 0 aliphatic rings. The van der Waals surface area contributed by atoms with Crippen molar-refractivity contribution in [2.75, 3.05) is 13.7 Å². The minimum Gasteiger partial charge on any atom is -0.466 e. The van der Waals surface area contributed by atoms with Crippen LogP contribution in [0.15, 0.2) is 28.2 Å². The second kappa shape index (κ2) is 6.91. The van der Waals surface area contributed by atoms with E-state index >= 15 is 0 Å². The second-order valence-corrected chi connectivity index (χ2v) is 3.72. The highest BCUT2D eigenvalue weighted by atomic mass is 16.5. The maximum Gasteiger partial charge on any atom is 0.333 e. The summed E-state index contributed by atoms with van der Waals surface area (Å²) in [5.74, 6) is 1.54. The van der Waals surface area contributed by atoms with Crippen LogP contribution in [0.3, 0.4) is 0 Å². The predicted octanol–water partition coefficient (Wildman–Crippen LogP) is 2.19. The maximum absolute atomic E-state index is 11.3. The highest BCUT2D eigenvalue weighted by Gasteiger charge is 2.05. The van der Waals surface area contributed by atoms with Gasteiger partial charge in [0.1, 0.15) is 11.5 Å². The number of methoxy groups -OCH3 is 1. The molecule has 0 aliphatic heterocycles. The molecule has 1 heterocycles. The Balaban J connectivity index is 2.35. The van der Waals surface area contributed by atoms with Crippen molar-refractivity contribution in [1.29, 1.82) is 0 Å². The lowest BCUT2D eigenvalue weighted by Crippen LogP contribution is -2.14. The first-order chi connectivity index (χ1) is 8.17. The van der Waals surface area contributed by atoms with Crippen LogP contribution in [0.2, 0.25) is 0 Å². The van der Waals surface area contributed by atoms with Crippen LogP contribution in [0.5, 0.6) is 0 Å². The molecule has 17 heavy (non-hydrogen) atoms.